The Hall–Kier alpha value is -1.62. The van der Waals surface area contributed by atoms with Crippen LogP contribution in [0, 0.1) is 5.92 Å². The average Bonchev–Trinajstić information content (AvgIpc) is 2.77. The fourth-order valence-electron chi connectivity index (χ4n) is 1.56. The Labute approximate surface area is 111 Å². The molecule has 0 aliphatic carbocycles. The summed E-state index contributed by atoms with van der Waals surface area (Å²) in [5, 5.41) is 8.03. The molecule has 0 saturated heterocycles. The molecule has 2 rings (SSSR count). The number of amides is 1. The minimum atomic E-state index is 0.0150. The summed E-state index contributed by atoms with van der Waals surface area (Å²) in [4.78, 5) is 11.6. The molecule has 96 valence electrons. The number of carbonyl (C=O) groups excluding carboxylic acids is 1. The van der Waals surface area contributed by atoms with Crippen molar-refractivity contribution in [3.8, 4) is 0 Å². The topological polar surface area (TPSA) is 54.0 Å². The van der Waals surface area contributed by atoms with E-state index in [0.29, 0.717) is 19.0 Å². The van der Waals surface area contributed by atoms with Crippen LogP contribution in [0.4, 0.5) is 5.00 Å². The molecule has 2 aromatic rings. The SMILES string of the molecule is CC(C)CNC(=O)CNc1snc2ccccc12. The zero-order valence-electron chi connectivity index (χ0n) is 10.6. The summed E-state index contributed by atoms with van der Waals surface area (Å²) in [5.74, 6) is 0.486. The van der Waals surface area contributed by atoms with Crippen molar-refractivity contribution in [2.45, 2.75) is 13.8 Å². The van der Waals surface area contributed by atoms with Crippen LogP contribution < -0.4 is 10.6 Å². The molecule has 1 aromatic heterocycles. The predicted octanol–water partition coefficient (Wildman–Crippen LogP) is 2.48. The largest absolute Gasteiger partial charge is 0.366 e. The maximum Gasteiger partial charge on any atom is 0.239 e. The fraction of sp³-hybridized carbons (Fsp3) is 0.385. The van der Waals surface area contributed by atoms with Crippen LogP contribution in [0.5, 0.6) is 0 Å². The molecule has 0 atom stereocenters. The lowest BCUT2D eigenvalue weighted by atomic mass is 10.2. The van der Waals surface area contributed by atoms with E-state index in [0.717, 1.165) is 15.9 Å². The van der Waals surface area contributed by atoms with E-state index in [1.807, 2.05) is 24.3 Å². The number of nitrogens with one attached hydrogen (secondary N) is 2. The summed E-state index contributed by atoms with van der Waals surface area (Å²) in [7, 11) is 0. The molecule has 18 heavy (non-hydrogen) atoms. The van der Waals surface area contributed by atoms with Gasteiger partial charge < -0.3 is 10.6 Å². The first-order valence-electron chi connectivity index (χ1n) is 6.02. The van der Waals surface area contributed by atoms with Gasteiger partial charge in [0, 0.05) is 11.9 Å². The van der Waals surface area contributed by atoms with E-state index in [9.17, 15) is 4.79 Å². The third-order valence-corrected chi connectivity index (χ3v) is 3.34. The highest BCUT2D eigenvalue weighted by Gasteiger charge is 2.07. The minimum Gasteiger partial charge on any atom is -0.366 e. The fourth-order valence-corrected chi connectivity index (χ4v) is 2.31. The monoisotopic (exact) mass is 263 g/mol. The van der Waals surface area contributed by atoms with Crippen molar-refractivity contribution in [2.75, 3.05) is 18.4 Å². The lowest BCUT2D eigenvalue weighted by Gasteiger charge is -2.08. The zero-order valence-corrected chi connectivity index (χ0v) is 11.4. The van der Waals surface area contributed by atoms with Crippen LogP contribution in [-0.2, 0) is 4.79 Å². The summed E-state index contributed by atoms with van der Waals surface area (Å²) >= 11 is 1.39. The number of carbonyl (C=O) groups is 1. The Balaban J connectivity index is 1.92. The highest BCUT2D eigenvalue weighted by Crippen LogP contribution is 2.26. The van der Waals surface area contributed by atoms with Gasteiger partial charge in [0.05, 0.1) is 12.1 Å². The van der Waals surface area contributed by atoms with Crippen molar-refractivity contribution in [3.63, 3.8) is 0 Å². The van der Waals surface area contributed by atoms with Gasteiger partial charge in [0.15, 0.2) is 0 Å². The lowest BCUT2D eigenvalue weighted by Crippen LogP contribution is -2.32. The van der Waals surface area contributed by atoms with Crippen LogP contribution in [-0.4, -0.2) is 23.4 Å². The smallest absolute Gasteiger partial charge is 0.239 e. The van der Waals surface area contributed by atoms with Crippen LogP contribution in [0.15, 0.2) is 24.3 Å². The van der Waals surface area contributed by atoms with E-state index in [1.165, 1.54) is 11.5 Å². The van der Waals surface area contributed by atoms with Crippen molar-refractivity contribution < 1.29 is 4.79 Å². The van der Waals surface area contributed by atoms with Crippen molar-refractivity contribution in [2.24, 2.45) is 5.92 Å². The maximum absolute atomic E-state index is 11.6. The first-order valence-corrected chi connectivity index (χ1v) is 6.79. The Bertz CT molecular complexity index is 536. The highest BCUT2D eigenvalue weighted by atomic mass is 32.1. The number of benzene rings is 1. The predicted molar refractivity (Wildman–Crippen MR) is 76.0 cm³/mol. The van der Waals surface area contributed by atoms with Crippen LogP contribution in [0.1, 0.15) is 13.8 Å². The molecular weight excluding hydrogens is 246 g/mol. The van der Waals surface area contributed by atoms with E-state index in [2.05, 4.69) is 28.9 Å². The Morgan fingerprint density at radius 3 is 2.94 bits per heavy atom. The van der Waals surface area contributed by atoms with Gasteiger partial charge in [0.1, 0.15) is 5.00 Å². The van der Waals surface area contributed by atoms with Gasteiger partial charge in [-0.1, -0.05) is 26.0 Å². The second-order valence-corrected chi connectivity index (χ2v) is 5.35. The van der Waals surface area contributed by atoms with Gasteiger partial charge in [-0.2, -0.15) is 4.37 Å². The summed E-state index contributed by atoms with van der Waals surface area (Å²) in [5.41, 5.74) is 0.965. The van der Waals surface area contributed by atoms with E-state index in [4.69, 9.17) is 0 Å². The molecule has 1 amide bonds. The van der Waals surface area contributed by atoms with Crippen LogP contribution >= 0.6 is 11.5 Å². The van der Waals surface area contributed by atoms with Gasteiger partial charge in [-0.25, -0.2) is 0 Å². The normalized spacial score (nSPS) is 10.8. The molecule has 0 spiro atoms. The second kappa shape index (κ2) is 5.82. The van der Waals surface area contributed by atoms with Gasteiger partial charge >= 0.3 is 0 Å². The molecule has 1 heterocycles. The number of hydrogen-bond donors (Lipinski definition) is 2. The quantitative estimate of drug-likeness (QED) is 0.871. The maximum atomic E-state index is 11.6. The van der Waals surface area contributed by atoms with E-state index in [1.54, 1.807) is 0 Å². The molecule has 0 bridgehead atoms. The Morgan fingerprint density at radius 1 is 1.39 bits per heavy atom. The summed E-state index contributed by atoms with van der Waals surface area (Å²) in [6, 6.07) is 7.91. The molecule has 5 heteroatoms. The molecular formula is C13H17N3OS. The van der Waals surface area contributed by atoms with Gasteiger partial charge in [-0.3, -0.25) is 4.79 Å². The van der Waals surface area contributed by atoms with Gasteiger partial charge in [0.2, 0.25) is 5.91 Å². The number of nitrogens with zero attached hydrogens (tertiary/aromatic N) is 1. The standard InChI is InChI=1S/C13H17N3OS/c1-9(2)7-14-12(17)8-15-13-10-5-3-4-6-11(10)16-18-13/h3-6,9,15H,7-8H2,1-2H3,(H,14,17). The summed E-state index contributed by atoms with van der Waals surface area (Å²) < 4.78 is 4.32. The van der Waals surface area contributed by atoms with Crippen LogP contribution in [0.3, 0.4) is 0 Å². The van der Waals surface area contributed by atoms with Gasteiger partial charge in [-0.05, 0) is 29.6 Å². The van der Waals surface area contributed by atoms with Crippen molar-refractivity contribution in [1.29, 1.82) is 0 Å². The number of hydrogen-bond acceptors (Lipinski definition) is 4. The summed E-state index contributed by atoms with van der Waals surface area (Å²) in [6.07, 6.45) is 0. The number of anilines is 1. The Kier molecular flexibility index (Phi) is 4.15. The zero-order chi connectivity index (χ0) is 13.0. The third kappa shape index (κ3) is 3.20. The molecule has 0 aliphatic rings. The van der Waals surface area contributed by atoms with Crippen LogP contribution in [0.2, 0.25) is 0 Å². The number of rotatable bonds is 5. The minimum absolute atomic E-state index is 0.0150. The van der Waals surface area contributed by atoms with E-state index < -0.39 is 0 Å². The van der Waals surface area contributed by atoms with Crippen molar-refractivity contribution in [3.05, 3.63) is 24.3 Å². The third-order valence-electron chi connectivity index (χ3n) is 2.50. The molecule has 0 fully saturated rings. The first kappa shape index (κ1) is 12.8. The Morgan fingerprint density at radius 2 is 2.17 bits per heavy atom. The molecule has 0 unspecified atom stereocenters. The molecule has 0 aliphatic heterocycles. The number of aromatic nitrogens is 1. The van der Waals surface area contributed by atoms with Crippen molar-refractivity contribution in [1.82, 2.24) is 9.69 Å². The van der Waals surface area contributed by atoms with E-state index in [-0.39, 0.29) is 5.91 Å². The van der Waals surface area contributed by atoms with Crippen LogP contribution in [0.25, 0.3) is 10.9 Å². The second-order valence-electron chi connectivity index (χ2n) is 4.58. The molecule has 4 nitrogen and oxygen atoms in total. The lowest BCUT2D eigenvalue weighted by molar-refractivity contribution is -0.119. The average molecular weight is 263 g/mol. The molecule has 1 aromatic carbocycles. The van der Waals surface area contributed by atoms with Gasteiger partial charge in [0.25, 0.3) is 0 Å². The highest BCUT2D eigenvalue weighted by molar-refractivity contribution is 7.11. The van der Waals surface area contributed by atoms with Crippen molar-refractivity contribution >= 4 is 33.3 Å². The molecule has 2 N–H and O–H groups in total. The first-order chi connectivity index (χ1) is 8.66. The molecule has 0 radical (unpaired) electrons. The number of fused-ring (bicyclic) bond motifs is 1. The van der Waals surface area contributed by atoms with Gasteiger partial charge in [-0.15, -0.1) is 0 Å². The summed E-state index contributed by atoms with van der Waals surface area (Å²) in [6.45, 7) is 5.15. The molecule has 0 saturated carbocycles. The van der Waals surface area contributed by atoms with E-state index >= 15 is 0 Å².